The van der Waals surface area contributed by atoms with E-state index in [-0.39, 0.29) is 0 Å². The van der Waals surface area contributed by atoms with Crippen molar-refractivity contribution >= 4 is 11.3 Å². The van der Waals surface area contributed by atoms with Gasteiger partial charge in [-0.3, -0.25) is 0 Å². The highest BCUT2D eigenvalue weighted by atomic mass is 32.1. The lowest BCUT2D eigenvalue weighted by molar-refractivity contribution is 0.302. The summed E-state index contributed by atoms with van der Waals surface area (Å²) in [4.78, 5) is 1.52. The molecule has 0 aliphatic heterocycles. The molecule has 2 rings (SSSR count). The molecule has 1 heterocycles. The molecule has 1 aliphatic rings. The highest BCUT2D eigenvalue weighted by Gasteiger charge is 2.22. The van der Waals surface area contributed by atoms with Gasteiger partial charge in [0.05, 0.1) is 0 Å². The van der Waals surface area contributed by atoms with Gasteiger partial charge in [0.1, 0.15) is 0 Å². The van der Waals surface area contributed by atoms with E-state index in [1.807, 2.05) is 11.3 Å². The summed E-state index contributed by atoms with van der Waals surface area (Å²) in [6.45, 7) is 0. The Morgan fingerprint density at radius 1 is 1.19 bits per heavy atom. The summed E-state index contributed by atoms with van der Waals surface area (Å²) >= 11 is 1.90. The number of nitrogens with one attached hydrogen (secondary N) is 1. The second-order valence-electron chi connectivity index (χ2n) is 4.89. The Morgan fingerprint density at radius 3 is 2.44 bits per heavy atom. The lowest BCUT2D eigenvalue weighted by atomic mass is 9.85. The second kappa shape index (κ2) is 6.41. The molecule has 0 radical (unpaired) electrons. The fourth-order valence-electron chi connectivity index (χ4n) is 2.90. The minimum Gasteiger partial charge on any atom is -0.312 e. The molecule has 90 valence electrons. The Kier molecular flexibility index (Phi) is 4.86. The fraction of sp³-hybridized carbons (Fsp3) is 0.714. The van der Waals surface area contributed by atoms with Crippen LogP contribution in [0.1, 0.15) is 55.9 Å². The average molecular weight is 237 g/mol. The van der Waals surface area contributed by atoms with Gasteiger partial charge in [-0.1, -0.05) is 38.2 Å². The van der Waals surface area contributed by atoms with Crippen molar-refractivity contribution in [3.05, 3.63) is 22.4 Å². The molecule has 0 spiro atoms. The summed E-state index contributed by atoms with van der Waals surface area (Å²) < 4.78 is 0. The fourth-order valence-corrected chi connectivity index (χ4v) is 3.83. The second-order valence-corrected chi connectivity index (χ2v) is 5.87. The highest BCUT2D eigenvalue weighted by Crippen LogP contribution is 2.34. The van der Waals surface area contributed by atoms with Crippen LogP contribution in [0.25, 0.3) is 0 Å². The van der Waals surface area contributed by atoms with Gasteiger partial charge in [-0.25, -0.2) is 0 Å². The number of thiophene rings is 1. The maximum absolute atomic E-state index is 3.53. The van der Waals surface area contributed by atoms with Crippen LogP contribution in [0.3, 0.4) is 0 Å². The maximum Gasteiger partial charge on any atom is 0.0440 e. The SMILES string of the molecule is CNC(c1cccs1)C1CCCCCCC1. The van der Waals surface area contributed by atoms with Gasteiger partial charge in [0.15, 0.2) is 0 Å². The van der Waals surface area contributed by atoms with Crippen LogP contribution in [0.5, 0.6) is 0 Å². The molecule has 0 aromatic carbocycles. The van der Waals surface area contributed by atoms with E-state index < -0.39 is 0 Å². The third-order valence-corrected chi connectivity index (χ3v) is 4.74. The molecule has 1 aliphatic carbocycles. The van der Waals surface area contributed by atoms with Crippen molar-refractivity contribution in [3.8, 4) is 0 Å². The van der Waals surface area contributed by atoms with Crippen molar-refractivity contribution in [3.63, 3.8) is 0 Å². The monoisotopic (exact) mass is 237 g/mol. The first-order valence-electron chi connectivity index (χ1n) is 6.62. The van der Waals surface area contributed by atoms with Crippen LogP contribution < -0.4 is 5.32 Å². The first-order valence-corrected chi connectivity index (χ1v) is 7.50. The predicted octanol–water partition coefficient (Wildman–Crippen LogP) is 4.37. The molecule has 0 saturated heterocycles. The molecule has 1 aromatic heterocycles. The molecule has 1 fully saturated rings. The van der Waals surface area contributed by atoms with Gasteiger partial charge in [0, 0.05) is 10.9 Å². The van der Waals surface area contributed by atoms with E-state index in [2.05, 4.69) is 29.9 Å². The molecule has 1 N–H and O–H groups in total. The molecule has 1 atom stereocenters. The lowest BCUT2D eigenvalue weighted by Gasteiger charge is -2.27. The molecule has 0 amide bonds. The molecule has 1 nitrogen and oxygen atoms in total. The van der Waals surface area contributed by atoms with E-state index in [0.717, 1.165) is 5.92 Å². The van der Waals surface area contributed by atoms with Gasteiger partial charge in [-0.05, 0) is 37.3 Å². The van der Waals surface area contributed by atoms with Crippen LogP contribution in [0.15, 0.2) is 17.5 Å². The zero-order chi connectivity index (χ0) is 11.2. The van der Waals surface area contributed by atoms with Gasteiger partial charge in [-0.15, -0.1) is 11.3 Å². The Labute approximate surface area is 103 Å². The van der Waals surface area contributed by atoms with Crippen LogP contribution in [-0.4, -0.2) is 7.05 Å². The van der Waals surface area contributed by atoms with Gasteiger partial charge in [0.25, 0.3) is 0 Å². The van der Waals surface area contributed by atoms with Crippen LogP contribution >= 0.6 is 11.3 Å². The van der Waals surface area contributed by atoms with Crippen molar-refractivity contribution in [1.82, 2.24) is 5.32 Å². The summed E-state index contributed by atoms with van der Waals surface area (Å²) in [5.41, 5.74) is 0. The van der Waals surface area contributed by atoms with Crippen molar-refractivity contribution in [2.75, 3.05) is 7.05 Å². The van der Waals surface area contributed by atoms with Crippen LogP contribution in [0, 0.1) is 5.92 Å². The Balaban J connectivity index is 2.01. The van der Waals surface area contributed by atoms with Gasteiger partial charge in [0.2, 0.25) is 0 Å². The number of rotatable bonds is 3. The Morgan fingerprint density at radius 2 is 1.88 bits per heavy atom. The lowest BCUT2D eigenvalue weighted by Crippen LogP contribution is -2.25. The Bertz CT molecular complexity index is 273. The summed E-state index contributed by atoms with van der Waals surface area (Å²) in [7, 11) is 2.11. The normalized spacial score (nSPS) is 21.3. The van der Waals surface area contributed by atoms with Crippen LogP contribution in [0.2, 0.25) is 0 Å². The average Bonchev–Trinajstić information content (AvgIpc) is 2.75. The first kappa shape index (κ1) is 12.1. The van der Waals surface area contributed by atoms with Crippen LogP contribution in [-0.2, 0) is 0 Å². The molecular formula is C14H23NS. The quantitative estimate of drug-likeness (QED) is 0.823. The Hall–Kier alpha value is -0.340. The molecule has 1 saturated carbocycles. The van der Waals surface area contributed by atoms with E-state index in [1.54, 1.807) is 0 Å². The summed E-state index contributed by atoms with van der Waals surface area (Å²) in [5, 5.41) is 5.73. The number of hydrogen-bond acceptors (Lipinski definition) is 2. The summed E-state index contributed by atoms with van der Waals surface area (Å²) in [5.74, 6) is 0.851. The van der Waals surface area contributed by atoms with Crippen molar-refractivity contribution in [1.29, 1.82) is 0 Å². The van der Waals surface area contributed by atoms with E-state index in [0.29, 0.717) is 6.04 Å². The topological polar surface area (TPSA) is 12.0 Å². The standard InChI is InChI=1S/C14H23NS/c1-15-14(13-10-7-11-16-13)12-8-5-3-2-4-6-9-12/h7,10-12,14-15H,2-6,8-9H2,1H3. The third-order valence-electron chi connectivity index (χ3n) is 3.78. The van der Waals surface area contributed by atoms with E-state index in [4.69, 9.17) is 0 Å². The molecule has 16 heavy (non-hydrogen) atoms. The highest BCUT2D eigenvalue weighted by molar-refractivity contribution is 7.10. The van der Waals surface area contributed by atoms with Gasteiger partial charge in [-0.2, -0.15) is 0 Å². The smallest absolute Gasteiger partial charge is 0.0440 e. The molecular weight excluding hydrogens is 214 g/mol. The molecule has 1 aromatic rings. The first-order chi connectivity index (χ1) is 7.92. The van der Waals surface area contributed by atoms with Crippen LogP contribution in [0.4, 0.5) is 0 Å². The third kappa shape index (κ3) is 3.08. The summed E-state index contributed by atoms with van der Waals surface area (Å²) in [6.07, 6.45) is 10.00. The van der Waals surface area contributed by atoms with Crippen molar-refractivity contribution < 1.29 is 0 Å². The largest absolute Gasteiger partial charge is 0.312 e. The van der Waals surface area contributed by atoms with E-state index in [9.17, 15) is 0 Å². The minimum absolute atomic E-state index is 0.595. The van der Waals surface area contributed by atoms with E-state index in [1.165, 1.54) is 49.8 Å². The molecule has 2 heteroatoms. The maximum atomic E-state index is 3.53. The number of hydrogen-bond donors (Lipinski definition) is 1. The molecule has 1 unspecified atom stereocenters. The van der Waals surface area contributed by atoms with Gasteiger partial charge >= 0.3 is 0 Å². The summed E-state index contributed by atoms with van der Waals surface area (Å²) in [6, 6.07) is 5.05. The van der Waals surface area contributed by atoms with E-state index >= 15 is 0 Å². The minimum atomic E-state index is 0.595. The van der Waals surface area contributed by atoms with Crippen molar-refractivity contribution in [2.45, 2.75) is 51.0 Å². The zero-order valence-electron chi connectivity index (χ0n) is 10.2. The van der Waals surface area contributed by atoms with Gasteiger partial charge < -0.3 is 5.32 Å². The predicted molar refractivity (Wildman–Crippen MR) is 71.9 cm³/mol. The molecule has 0 bridgehead atoms. The zero-order valence-corrected chi connectivity index (χ0v) is 11.1. The van der Waals surface area contributed by atoms with Crippen molar-refractivity contribution in [2.24, 2.45) is 5.92 Å².